The maximum absolute atomic E-state index is 11.1. The number of aromatic nitrogens is 5. The Morgan fingerprint density at radius 1 is 1.38 bits per heavy atom. The van der Waals surface area contributed by atoms with Crippen molar-refractivity contribution in [3.63, 3.8) is 0 Å². The van der Waals surface area contributed by atoms with Crippen molar-refractivity contribution in [2.75, 3.05) is 0 Å². The number of hydrogen-bond donors (Lipinski definition) is 1. The van der Waals surface area contributed by atoms with Crippen molar-refractivity contribution in [3.05, 3.63) is 24.0 Å². The second-order valence-corrected chi connectivity index (χ2v) is 6.12. The van der Waals surface area contributed by atoms with Crippen LogP contribution in [0, 0.1) is 12.3 Å². The van der Waals surface area contributed by atoms with Gasteiger partial charge in [0.15, 0.2) is 5.82 Å². The molecule has 0 spiro atoms. The summed E-state index contributed by atoms with van der Waals surface area (Å²) in [5.74, 6) is -0.345. The highest BCUT2D eigenvalue weighted by Gasteiger charge is 2.32. The third kappa shape index (κ3) is 3.42. The minimum Gasteiger partial charge on any atom is -0.481 e. The smallest absolute Gasteiger partial charge is 0.305 e. The maximum atomic E-state index is 11.1. The van der Waals surface area contributed by atoms with Crippen LogP contribution >= 0.6 is 0 Å². The van der Waals surface area contributed by atoms with E-state index >= 15 is 0 Å². The molecule has 2 aromatic rings. The van der Waals surface area contributed by atoms with E-state index in [4.69, 9.17) is 5.11 Å². The van der Waals surface area contributed by atoms with Gasteiger partial charge in [-0.05, 0) is 34.9 Å². The minimum absolute atomic E-state index is 0.0408. The number of nitrogens with zero attached hydrogens (tertiary/aromatic N) is 5. The molecule has 0 bridgehead atoms. The van der Waals surface area contributed by atoms with Crippen molar-refractivity contribution in [2.24, 2.45) is 5.41 Å². The molecule has 0 saturated heterocycles. The second-order valence-electron chi connectivity index (χ2n) is 6.12. The zero-order valence-electron chi connectivity index (χ0n) is 12.6. The fourth-order valence-electron chi connectivity index (χ4n) is 2.12. The number of tetrazole rings is 1. The largest absolute Gasteiger partial charge is 0.481 e. The number of rotatable bonds is 4. The van der Waals surface area contributed by atoms with Gasteiger partial charge in [-0.3, -0.25) is 9.78 Å². The Kier molecular flexibility index (Phi) is 4.02. The van der Waals surface area contributed by atoms with Crippen LogP contribution in [0.15, 0.2) is 18.3 Å². The molecule has 7 nitrogen and oxygen atoms in total. The summed E-state index contributed by atoms with van der Waals surface area (Å²) >= 11 is 0. The summed E-state index contributed by atoms with van der Waals surface area (Å²) in [7, 11) is 0. The highest BCUT2D eigenvalue weighted by molar-refractivity contribution is 5.67. The first-order valence-corrected chi connectivity index (χ1v) is 6.71. The summed E-state index contributed by atoms with van der Waals surface area (Å²) in [4.78, 5) is 15.4. The number of aryl methyl sites for hydroxylation is 1. The van der Waals surface area contributed by atoms with Crippen LogP contribution in [0.1, 0.15) is 38.9 Å². The van der Waals surface area contributed by atoms with Gasteiger partial charge in [-0.2, -0.15) is 0 Å². The molecule has 2 rings (SSSR count). The van der Waals surface area contributed by atoms with E-state index < -0.39 is 5.97 Å². The van der Waals surface area contributed by atoms with Crippen molar-refractivity contribution in [1.82, 2.24) is 25.2 Å². The van der Waals surface area contributed by atoms with Gasteiger partial charge in [0.05, 0.1) is 12.5 Å². The van der Waals surface area contributed by atoms with Crippen molar-refractivity contribution in [1.29, 1.82) is 0 Å². The Morgan fingerprint density at radius 2 is 2.10 bits per heavy atom. The lowest BCUT2D eigenvalue weighted by Crippen LogP contribution is -2.28. The lowest BCUT2D eigenvalue weighted by Gasteiger charge is -2.29. The highest BCUT2D eigenvalue weighted by atomic mass is 16.4. The summed E-state index contributed by atoms with van der Waals surface area (Å²) in [6, 6.07) is 3.41. The van der Waals surface area contributed by atoms with Crippen LogP contribution in [0.3, 0.4) is 0 Å². The zero-order chi connectivity index (χ0) is 15.6. The molecule has 112 valence electrons. The molecular formula is C14H19N5O2. The molecule has 1 N–H and O–H groups in total. The molecule has 7 heteroatoms. The van der Waals surface area contributed by atoms with Gasteiger partial charge in [-0.1, -0.05) is 20.8 Å². The standard InChI is InChI=1S/C14H19N5O2/c1-9-5-6-10(8-15-9)13-16-17-18-19(13)11(7-12(20)21)14(2,3)4/h5-6,8,11H,7H2,1-4H3,(H,20,21). The molecule has 0 aliphatic carbocycles. The lowest BCUT2D eigenvalue weighted by molar-refractivity contribution is -0.138. The molecule has 1 unspecified atom stereocenters. The van der Waals surface area contributed by atoms with Crippen molar-refractivity contribution in [3.8, 4) is 11.4 Å². The maximum Gasteiger partial charge on any atom is 0.305 e. The Labute approximate surface area is 123 Å². The summed E-state index contributed by atoms with van der Waals surface area (Å²) < 4.78 is 1.58. The Hall–Kier alpha value is -2.31. The third-order valence-electron chi connectivity index (χ3n) is 3.33. The van der Waals surface area contributed by atoms with E-state index in [9.17, 15) is 4.79 Å². The van der Waals surface area contributed by atoms with Crippen LogP contribution in [0.25, 0.3) is 11.4 Å². The van der Waals surface area contributed by atoms with E-state index in [0.29, 0.717) is 5.82 Å². The first kappa shape index (κ1) is 15.1. The van der Waals surface area contributed by atoms with E-state index in [2.05, 4.69) is 20.5 Å². The van der Waals surface area contributed by atoms with E-state index in [0.717, 1.165) is 11.3 Å². The molecule has 0 fully saturated rings. The normalized spacial score (nSPS) is 13.1. The minimum atomic E-state index is -0.876. The molecule has 0 aliphatic rings. The quantitative estimate of drug-likeness (QED) is 0.926. The second kappa shape index (κ2) is 5.59. The molecule has 0 aromatic carbocycles. The lowest BCUT2D eigenvalue weighted by atomic mass is 9.84. The van der Waals surface area contributed by atoms with Gasteiger partial charge in [-0.15, -0.1) is 5.10 Å². The third-order valence-corrected chi connectivity index (χ3v) is 3.33. The van der Waals surface area contributed by atoms with Gasteiger partial charge in [0.25, 0.3) is 0 Å². The molecule has 21 heavy (non-hydrogen) atoms. The summed E-state index contributed by atoms with van der Waals surface area (Å²) in [5.41, 5.74) is 1.38. The molecule has 0 saturated carbocycles. The van der Waals surface area contributed by atoms with Gasteiger partial charge in [0, 0.05) is 17.5 Å². The average molecular weight is 289 g/mol. The van der Waals surface area contributed by atoms with Crippen molar-refractivity contribution < 1.29 is 9.90 Å². The Balaban J connectivity index is 2.46. The van der Waals surface area contributed by atoms with Gasteiger partial charge in [0.1, 0.15) is 0 Å². The number of carbonyl (C=O) groups is 1. The zero-order valence-corrected chi connectivity index (χ0v) is 12.6. The summed E-state index contributed by atoms with van der Waals surface area (Å²) in [6.07, 6.45) is 1.65. The Morgan fingerprint density at radius 3 is 2.62 bits per heavy atom. The molecule has 0 aliphatic heterocycles. The van der Waals surface area contributed by atoms with Crippen LogP contribution in [0.5, 0.6) is 0 Å². The van der Waals surface area contributed by atoms with E-state index in [1.807, 2.05) is 39.8 Å². The summed E-state index contributed by atoms with van der Waals surface area (Å²) in [6.45, 7) is 7.81. The topological polar surface area (TPSA) is 93.8 Å². The predicted molar refractivity (Wildman–Crippen MR) is 76.5 cm³/mol. The van der Waals surface area contributed by atoms with Gasteiger partial charge in [0.2, 0.25) is 0 Å². The molecule has 2 heterocycles. The fraction of sp³-hybridized carbons (Fsp3) is 0.500. The van der Waals surface area contributed by atoms with Crippen LogP contribution in [-0.2, 0) is 4.79 Å². The molecule has 0 amide bonds. The number of hydrogen-bond acceptors (Lipinski definition) is 5. The fourth-order valence-corrected chi connectivity index (χ4v) is 2.12. The van der Waals surface area contributed by atoms with E-state index in [1.165, 1.54) is 0 Å². The SMILES string of the molecule is Cc1ccc(-c2nnnn2C(CC(=O)O)C(C)(C)C)cn1. The Bertz CT molecular complexity index is 628. The molecular weight excluding hydrogens is 270 g/mol. The van der Waals surface area contributed by atoms with Gasteiger partial charge < -0.3 is 5.11 Å². The molecule has 1 atom stereocenters. The highest BCUT2D eigenvalue weighted by Crippen LogP contribution is 2.35. The van der Waals surface area contributed by atoms with Gasteiger partial charge in [-0.25, -0.2) is 4.68 Å². The number of carboxylic acids is 1. The predicted octanol–water partition coefficient (Wildman–Crippen LogP) is 2.11. The van der Waals surface area contributed by atoms with Crippen molar-refractivity contribution in [2.45, 2.75) is 40.2 Å². The molecule has 2 aromatic heterocycles. The van der Waals surface area contributed by atoms with Crippen LogP contribution in [-0.4, -0.2) is 36.3 Å². The first-order chi connectivity index (χ1) is 9.79. The number of aliphatic carboxylic acids is 1. The average Bonchev–Trinajstić information content (AvgIpc) is 2.84. The number of carboxylic acid groups (broad SMARTS) is 1. The van der Waals surface area contributed by atoms with Crippen LogP contribution in [0.4, 0.5) is 0 Å². The number of pyridine rings is 1. The van der Waals surface area contributed by atoms with E-state index in [1.54, 1.807) is 10.9 Å². The van der Waals surface area contributed by atoms with Crippen LogP contribution in [0.2, 0.25) is 0 Å². The van der Waals surface area contributed by atoms with E-state index in [-0.39, 0.29) is 17.9 Å². The first-order valence-electron chi connectivity index (χ1n) is 6.71. The molecule has 0 radical (unpaired) electrons. The van der Waals surface area contributed by atoms with Gasteiger partial charge >= 0.3 is 5.97 Å². The monoisotopic (exact) mass is 289 g/mol. The van der Waals surface area contributed by atoms with Crippen LogP contribution < -0.4 is 0 Å². The summed E-state index contributed by atoms with van der Waals surface area (Å²) in [5, 5.41) is 20.9. The van der Waals surface area contributed by atoms with Crippen molar-refractivity contribution >= 4 is 5.97 Å².